The number of nitrogens with zero attached hydrogens (tertiary/aromatic N) is 1. The van der Waals surface area contributed by atoms with Gasteiger partial charge in [-0.2, -0.15) is 0 Å². The first-order valence-electron chi connectivity index (χ1n) is 11.7. The van der Waals surface area contributed by atoms with Crippen molar-refractivity contribution in [2.75, 3.05) is 24.9 Å². The molecule has 2 N–H and O–H groups in total. The number of anilines is 1. The van der Waals surface area contributed by atoms with Gasteiger partial charge in [0.25, 0.3) is 15.9 Å². The number of sulfonamides is 1. The number of hydrogen-bond donors (Lipinski definition) is 2. The van der Waals surface area contributed by atoms with Gasteiger partial charge in [-0.15, -0.1) is 0 Å². The van der Waals surface area contributed by atoms with Crippen LogP contribution in [-0.4, -0.2) is 63.6 Å². The Morgan fingerprint density at radius 1 is 1.17 bits per heavy atom. The highest BCUT2D eigenvalue weighted by Gasteiger charge is 2.39. The highest BCUT2D eigenvalue weighted by molar-refractivity contribution is 7.92. The molecule has 1 fully saturated rings. The number of nitrogens with one attached hydrogen (secondary N) is 2. The van der Waals surface area contributed by atoms with Crippen LogP contribution in [0.1, 0.15) is 42.1 Å². The van der Waals surface area contributed by atoms with Gasteiger partial charge >= 0.3 is 0 Å². The lowest BCUT2D eigenvalue weighted by molar-refractivity contribution is -0.133. The van der Waals surface area contributed by atoms with E-state index in [0.29, 0.717) is 30.7 Å². The van der Waals surface area contributed by atoms with E-state index in [0.717, 1.165) is 0 Å². The molecule has 0 radical (unpaired) electrons. The van der Waals surface area contributed by atoms with Gasteiger partial charge in [0.1, 0.15) is 18.5 Å². The van der Waals surface area contributed by atoms with E-state index >= 15 is 0 Å². The molecule has 4 rings (SSSR count). The lowest BCUT2D eigenvalue weighted by Crippen LogP contribution is -2.54. The third-order valence-electron chi connectivity index (χ3n) is 6.43. The molecule has 2 heterocycles. The SMILES string of the molecule is CCNC(=O)C[C@@H]1CC[C@H]2[C@H](COc3ccc(NS(=O)(=O)c4ccccc4C)cc3C(=O)N2C)O1. The minimum atomic E-state index is -3.83. The number of fused-ring (bicyclic) bond motifs is 2. The summed E-state index contributed by atoms with van der Waals surface area (Å²) in [4.78, 5) is 27.2. The number of carbonyl (C=O) groups is 2. The molecule has 0 saturated carbocycles. The van der Waals surface area contributed by atoms with Crippen LogP contribution >= 0.6 is 0 Å². The lowest BCUT2D eigenvalue weighted by Gasteiger charge is -2.42. The second-order valence-corrected chi connectivity index (χ2v) is 10.6. The first-order chi connectivity index (χ1) is 16.7. The average Bonchev–Trinajstić information content (AvgIpc) is 2.82. The summed E-state index contributed by atoms with van der Waals surface area (Å²) >= 11 is 0. The van der Waals surface area contributed by atoms with Crippen molar-refractivity contribution >= 4 is 27.5 Å². The van der Waals surface area contributed by atoms with Crippen molar-refractivity contribution < 1.29 is 27.5 Å². The van der Waals surface area contributed by atoms with E-state index in [1.807, 2.05) is 6.92 Å². The van der Waals surface area contributed by atoms with Crippen LogP contribution in [0, 0.1) is 6.92 Å². The third-order valence-corrected chi connectivity index (χ3v) is 7.98. The number of benzene rings is 2. The Labute approximate surface area is 205 Å². The minimum absolute atomic E-state index is 0.0573. The van der Waals surface area contributed by atoms with E-state index in [1.165, 1.54) is 12.1 Å². The predicted octanol–water partition coefficient (Wildman–Crippen LogP) is 2.70. The van der Waals surface area contributed by atoms with Crippen molar-refractivity contribution in [1.29, 1.82) is 0 Å². The van der Waals surface area contributed by atoms with E-state index in [9.17, 15) is 18.0 Å². The van der Waals surface area contributed by atoms with Gasteiger partial charge in [0.2, 0.25) is 5.91 Å². The molecule has 2 aliphatic rings. The Bertz CT molecular complexity index is 1220. The van der Waals surface area contributed by atoms with Gasteiger partial charge in [0.05, 0.1) is 29.0 Å². The normalized spacial score (nSPS) is 22.2. The van der Waals surface area contributed by atoms with Crippen LogP contribution in [0.2, 0.25) is 0 Å². The molecule has 2 aromatic carbocycles. The summed E-state index contributed by atoms with van der Waals surface area (Å²) < 4.78 is 40.5. The van der Waals surface area contributed by atoms with Crippen molar-refractivity contribution in [1.82, 2.24) is 10.2 Å². The maximum Gasteiger partial charge on any atom is 0.262 e. The van der Waals surface area contributed by atoms with E-state index in [4.69, 9.17) is 9.47 Å². The Hall–Kier alpha value is -3.11. The van der Waals surface area contributed by atoms with Gasteiger partial charge in [0, 0.05) is 19.3 Å². The van der Waals surface area contributed by atoms with Crippen LogP contribution in [0.4, 0.5) is 5.69 Å². The summed E-state index contributed by atoms with van der Waals surface area (Å²) in [5, 5.41) is 2.79. The minimum Gasteiger partial charge on any atom is -0.490 e. The zero-order chi connectivity index (χ0) is 25.2. The molecule has 2 aliphatic heterocycles. The molecule has 2 aromatic rings. The quantitative estimate of drug-likeness (QED) is 0.629. The van der Waals surface area contributed by atoms with Crippen molar-refractivity contribution in [3.8, 4) is 5.75 Å². The number of carbonyl (C=O) groups excluding carboxylic acids is 2. The van der Waals surface area contributed by atoms with Gasteiger partial charge in [0.15, 0.2) is 0 Å². The van der Waals surface area contributed by atoms with E-state index in [1.54, 1.807) is 49.2 Å². The standard InChI is InChI=1S/C25H31N3O6S/c1-4-26-24(29)14-18-10-11-20-22(34-18)15-33-21-12-9-17(13-19(21)25(30)28(20)3)27-35(31,32)23-8-6-5-7-16(23)2/h5-9,12-13,18,20,22,27H,4,10-11,14-15H2,1-3H3,(H,26,29)/t18-,20-,22-/m0/s1. The molecule has 0 spiro atoms. The van der Waals surface area contributed by atoms with Crippen molar-refractivity contribution in [3.05, 3.63) is 53.6 Å². The van der Waals surface area contributed by atoms with Gasteiger partial charge < -0.3 is 19.7 Å². The molecular weight excluding hydrogens is 470 g/mol. The largest absolute Gasteiger partial charge is 0.490 e. The molecule has 0 unspecified atom stereocenters. The number of amides is 2. The number of aryl methyl sites for hydroxylation is 1. The van der Waals surface area contributed by atoms with Crippen molar-refractivity contribution in [2.24, 2.45) is 0 Å². The Morgan fingerprint density at radius 2 is 1.94 bits per heavy atom. The van der Waals surface area contributed by atoms with Crippen LogP contribution in [0.3, 0.4) is 0 Å². The average molecular weight is 502 g/mol. The van der Waals surface area contributed by atoms with E-state index in [-0.39, 0.29) is 59.2 Å². The molecule has 35 heavy (non-hydrogen) atoms. The topological polar surface area (TPSA) is 114 Å². The molecule has 0 aliphatic carbocycles. The van der Waals surface area contributed by atoms with Crippen LogP contribution in [0.5, 0.6) is 5.75 Å². The second-order valence-electron chi connectivity index (χ2n) is 8.91. The maximum atomic E-state index is 13.4. The van der Waals surface area contributed by atoms with E-state index < -0.39 is 10.0 Å². The molecule has 2 amide bonds. The summed E-state index contributed by atoms with van der Waals surface area (Å²) in [7, 11) is -2.11. The van der Waals surface area contributed by atoms with Crippen molar-refractivity contribution in [2.45, 2.75) is 56.3 Å². The summed E-state index contributed by atoms with van der Waals surface area (Å²) in [6, 6.07) is 11.2. The fraction of sp³-hybridized carbons (Fsp3) is 0.440. The summed E-state index contributed by atoms with van der Waals surface area (Å²) in [6.45, 7) is 4.38. The molecule has 0 bridgehead atoms. The smallest absolute Gasteiger partial charge is 0.262 e. The molecule has 10 heteroatoms. The number of rotatable bonds is 6. The molecule has 188 valence electrons. The monoisotopic (exact) mass is 501 g/mol. The Morgan fingerprint density at radius 3 is 2.69 bits per heavy atom. The number of hydrogen-bond acceptors (Lipinski definition) is 6. The third kappa shape index (κ3) is 5.43. The first-order valence-corrected chi connectivity index (χ1v) is 13.2. The summed E-state index contributed by atoms with van der Waals surface area (Å²) in [5.41, 5.74) is 1.18. The van der Waals surface area contributed by atoms with Crippen LogP contribution in [-0.2, 0) is 19.6 Å². The van der Waals surface area contributed by atoms with Crippen LogP contribution in [0.25, 0.3) is 0 Å². The molecule has 3 atom stereocenters. The molecule has 9 nitrogen and oxygen atoms in total. The van der Waals surface area contributed by atoms with Crippen LogP contribution < -0.4 is 14.8 Å². The number of ether oxygens (including phenoxy) is 2. The van der Waals surface area contributed by atoms with E-state index in [2.05, 4.69) is 10.0 Å². The Kier molecular flexibility index (Phi) is 7.32. The molecule has 1 saturated heterocycles. The summed E-state index contributed by atoms with van der Waals surface area (Å²) in [6.07, 6.45) is 1.00. The zero-order valence-electron chi connectivity index (χ0n) is 20.1. The van der Waals surface area contributed by atoms with Crippen molar-refractivity contribution in [3.63, 3.8) is 0 Å². The van der Waals surface area contributed by atoms with Crippen LogP contribution in [0.15, 0.2) is 47.4 Å². The number of likely N-dealkylation sites (N-methyl/N-ethyl adjacent to an activating group) is 1. The lowest BCUT2D eigenvalue weighted by atomic mass is 9.94. The highest BCUT2D eigenvalue weighted by Crippen LogP contribution is 2.33. The predicted molar refractivity (Wildman–Crippen MR) is 131 cm³/mol. The van der Waals surface area contributed by atoms with Gasteiger partial charge in [-0.3, -0.25) is 14.3 Å². The van der Waals surface area contributed by atoms with Gasteiger partial charge in [-0.1, -0.05) is 18.2 Å². The van der Waals surface area contributed by atoms with Gasteiger partial charge in [-0.05, 0) is 56.5 Å². The first kappa shape index (κ1) is 25.0. The summed E-state index contributed by atoms with van der Waals surface area (Å²) in [5.74, 6) is 0.0178. The fourth-order valence-corrected chi connectivity index (χ4v) is 5.93. The molecular formula is C25H31N3O6S. The highest BCUT2D eigenvalue weighted by atomic mass is 32.2. The fourth-order valence-electron chi connectivity index (χ4n) is 4.64. The van der Waals surface area contributed by atoms with Gasteiger partial charge in [-0.25, -0.2) is 8.42 Å². The maximum absolute atomic E-state index is 13.4. The Balaban J connectivity index is 1.54. The molecule has 0 aromatic heterocycles. The second kappa shape index (κ2) is 10.2. The zero-order valence-corrected chi connectivity index (χ0v) is 20.9.